The maximum atomic E-state index is 5.28. The van der Waals surface area contributed by atoms with Crippen LogP contribution in [-0.4, -0.2) is 12.6 Å². The van der Waals surface area contributed by atoms with E-state index in [1.54, 1.807) is 0 Å². The van der Waals surface area contributed by atoms with Gasteiger partial charge in [0.25, 0.3) is 0 Å². The van der Waals surface area contributed by atoms with Crippen LogP contribution in [0, 0.1) is 12.3 Å². The van der Waals surface area contributed by atoms with Crippen LogP contribution in [-0.2, 0) is 0 Å². The van der Waals surface area contributed by atoms with E-state index >= 15 is 0 Å². The summed E-state index contributed by atoms with van der Waals surface area (Å²) in [6.07, 6.45) is 13.9. The fourth-order valence-electron chi connectivity index (χ4n) is 3.11. The Balaban J connectivity index is 1.85. The summed E-state index contributed by atoms with van der Waals surface area (Å²) in [4.78, 5) is 0. The first-order valence-corrected chi connectivity index (χ1v) is 7.63. The summed E-state index contributed by atoms with van der Waals surface area (Å²) in [5, 5.41) is 3.76. The molecule has 0 radical (unpaired) electrons. The number of rotatable bonds is 6. The molecule has 1 fully saturated rings. The highest BCUT2D eigenvalue weighted by molar-refractivity contribution is 5.21. The lowest BCUT2D eigenvalue weighted by atomic mass is 9.80. The minimum Gasteiger partial charge on any atom is -0.313 e. The third-order valence-corrected chi connectivity index (χ3v) is 4.15. The molecule has 2 atom stereocenters. The zero-order chi connectivity index (χ0) is 13.3. The summed E-state index contributed by atoms with van der Waals surface area (Å²) in [5.74, 6) is 3.41. The molecule has 1 heteroatoms. The molecule has 0 aromatic heterocycles. The number of nitrogens with one attached hydrogen (secondary N) is 1. The van der Waals surface area contributed by atoms with Crippen molar-refractivity contribution in [2.75, 3.05) is 6.54 Å². The van der Waals surface area contributed by atoms with Crippen LogP contribution in [0.3, 0.4) is 0 Å². The fraction of sp³-hybridized carbons (Fsp3) is 0.556. The minimum absolute atomic E-state index is 0.655. The predicted octanol–water partition coefficient (Wildman–Crippen LogP) is 4.11. The molecule has 0 heterocycles. The van der Waals surface area contributed by atoms with E-state index in [9.17, 15) is 0 Å². The zero-order valence-electron chi connectivity index (χ0n) is 11.8. The van der Waals surface area contributed by atoms with Crippen molar-refractivity contribution in [2.24, 2.45) is 0 Å². The molecule has 0 spiro atoms. The molecular formula is C18H25N. The number of hydrogen-bond acceptors (Lipinski definition) is 1. The van der Waals surface area contributed by atoms with Gasteiger partial charge in [-0.3, -0.25) is 0 Å². The molecular weight excluding hydrogens is 230 g/mol. The predicted molar refractivity (Wildman–Crippen MR) is 82.1 cm³/mol. The largest absolute Gasteiger partial charge is 0.313 e. The van der Waals surface area contributed by atoms with E-state index in [2.05, 4.69) is 41.6 Å². The van der Waals surface area contributed by atoms with E-state index in [1.807, 2.05) is 0 Å². The van der Waals surface area contributed by atoms with Crippen LogP contribution in [0.15, 0.2) is 30.3 Å². The Bertz CT molecular complexity index is 390. The van der Waals surface area contributed by atoms with Gasteiger partial charge < -0.3 is 5.32 Å². The van der Waals surface area contributed by atoms with Crippen LogP contribution < -0.4 is 5.32 Å². The summed E-state index contributed by atoms with van der Waals surface area (Å²) < 4.78 is 0. The Hall–Kier alpha value is -1.26. The van der Waals surface area contributed by atoms with E-state index in [0.29, 0.717) is 12.0 Å². The molecule has 1 aliphatic carbocycles. The van der Waals surface area contributed by atoms with Crippen molar-refractivity contribution in [3.05, 3.63) is 35.9 Å². The van der Waals surface area contributed by atoms with Gasteiger partial charge in [-0.15, -0.1) is 12.3 Å². The van der Waals surface area contributed by atoms with Crippen molar-refractivity contribution in [3.63, 3.8) is 0 Å². The molecule has 2 rings (SSSR count). The lowest BCUT2D eigenvalue weighted by Gasteiger charge is -2.33. The van der Waals surface area contributed by atoms with Crippen LogP contribution in [0.5, 0.6) is 0 Å². The van der Waals surface area contributed by atoms with Crippen molar-refractivity contribution in [2.45, 2.75) is 56.9 Å². The zero-order valence-corrected chi connectivity index (χ0v) is 11.8. The molecule has 102 valence electrons. The van der Waals surface area contributed by atoms with Crippen LogP contribution in [0.2, 0.25) is 0 Å². The molecule has 1 aromatic carbocycles. The van der Waals surface area contributed by atoms with Gasteiger partial charge in [-0.05, 0) is 43.7 Å². The Morgan fingerprint density at radius 1 is 1.11 bits per heavy atom. The lowest BCUT2D eigenvalue weighted by molar-refractivity contribution is 0.326. The van der Waals surface area contributed by atoms with E-state index in [0.717, 1.165) is 19.4 Å². The van der Waals surface area contributed by atoms with E-state index in [4.69, 9.17) is 6.42 Å². The van der Waals surface area contributed by atoms with Gasteiger partial charge >= 0.3 is 0 Å². The monoisotopic (exact) mass is 255 g/mol. The lowest BCUT2D eigenvalue weighted by Crippen LogP contribution is -2.37. The number of hydrogen-bond donors (Lipinski definition) is 1. The van der Waals surface area contributed by atoms with Crippen molar-refractivity contribution in [3.8, 4) is 12.3 Å². The third kappa shape index (κ3) is 4.40. The van der Waals surface area contributed by atoms with E-state index in [1.165, 1.54) is 37.7 Å². The molecule has 19 heavy (non-hydrogen) atoms. The molecule has 1 nitrogen and oxygen atoms in total. The second-order valence-corrected chi connectivity index (χ2v) is 5.52. The summed E-state index contributed by atoms with van der Waals surface area (Å²) in [6, 6.07) is 11.6. The molecule has 0 saturated heterocycles. The van der Waals surface area contributed by atoms with Crippen LogP contribution in [0.4, 0.5) is 0 Å². The highest BCUT2D eigenvalue weighted by Crippen LogP contribution is 2.32. The molecule has 1 aromatic rings. The average molecular weight is 255 g/mol. The molecule has 1 saturated carbocycles. The summed E-state index contributed by atoms with van der Waals surface area (Å²) >= 11 is 0. The van der Waals surface area contributed by atoms with Gasteiger partial charge in [-0.25, -0.2) is 0 Å². The Morgan fingerprint density at radius 3 is 2.68 bits per heavy atom. The molecule has 0 aliphatic heterocycles. The average Bonchev–Trinajstić information content (AvgIpc) is 2.48. The highest BCUT2D eigenvalue weighted by atomic mass is 14.9. The molecule has 0 bridgehead atoms. The maximum Gasteiger partial charge on any atom is 0.0136 e. The highest BCUT2D eigenvalue weighted by Gasteiger charge is 2.25. The van der Waals surface area contributed by atoms with Gasteiger partial charge in [-0.1, -0.05) is 43.2 Å². The van der Waals surface area contributed by atoms with Crippen LogP contribution in [0.1, 0.15) is 56.4 Å². The molecule has 2 unspecified atom stereocenters. The normalized spacial score (nSPS) is 22.9. The van der Waals surface area contributed by atoms with Crippen LogP contribution in [0.25, 0.3) is 0 Å². The second kappa shape index (κ2) is 8.02. The third-order valence-electron chi connectivity index (χ3n) is 4.15. The van der Waals surface area contributed by atoms with Crippen molar-refractivity contribution >= 4 is 0 Å². The Morgan fingerprint density at radius 2 is 1.89 bits per heavy atom. The van der Waals surface area contributed by atoms with Crippen molar-refractivity contribution in [1.82, 2.24) is 5.32 Å². The number of unbranched alkanes of at least 4 members (excludes halogenated alkanes) is 2. The first-order chi connectivity index (χ1) is 9.42. The first-order valence-electron chi connectivity index (χ1n) is 7.63. The van der Waals surface area contributed by atoms with Crippen molar-refractivity contribution < 1.29 is 0 Å². The molecule has 1 N–H and O–H groups in total. The number of benzene rings is 1. The smallest absolute Gasteiger partial charge is 0.0136 e. The fourth-order valence-corrected chi connectivity index (χ4v) is 3.11. The topological polar surface area (TPSA) is 12.0 Å². The molecule has 0 amide bonds. The van der Waals surface area contributed by atoms with Gasteiger partial charge in [0, 0.05) is 12.5 Å². The Kier molecular flexibility index (Phi) is 5.98. The Labute approximate surface area is 117 Å². The van der Waals surface area contributed by atoms with Gasteiger partial charge in [0.05, 0.1) is 0 Å². The first kappa shape index (κ1) is 14.2. The van der Waals surface area contributed by atoms with Gasteiger partial charge in [0.2, 0.25) is 0 Å². The van der Waals surface area contributed by atoms with E-state index in [-0.39, 0.29) is 0 Å². The van der Waals surface area contributed by atoms with Gasteiger partial charge in [-0.2, -0.15) is 0 Å². The van der Waals surface area contributed by atoms with E-state index < -0.39 is 0 Å². The second-order valence-electron chi connectivity index (χ2n) is 5.52. The van der Waals surface area contributed by atoms with Crippen molar-refractivity contribution in [1.29, 1.82) is 0 Å². The molecule has 1 aliphatic rings. The minimum atomic E-state index is 0.655. The number of terminal acetylenes is 1. The van der Waals surface area contributed by atoms with Crippen LogP contribution >= 0.6 is 0 Å². The van der Waals surface area contributed by atoms with Gasteiger partial charge in [0.15, 0.2) is 0 Å². The summed E-state index contributed by atoms with van der Waals surface area (Å²) in [7, 11) is 0. The summed E-state index contributed by atoms with van der Waals surface area (Å²) in [5.41, 5.74) is 1.50. The standard InChI is InChI=1S/C18H25N/c1-2-3-4-10-15-19-18-14-9-8-13-17(18)16-11-6-5-7-12-16/h1,5-7,11-12,17-19H,3-4,8-10,13-15H2. The van der Waals surface area contributed by atoms with Gasteiger partial charge in [0.1, 0.15) is 0 Å². The summed E-state index contributed by atoms with van der Waals surface area (Å²) in [6.45, 7) is 1.11. The maximum absolute atomic E-state index is 5.28. The SMILES string of the molecule is C#CCCCCNC1CCCCC1c1ccccc1. The quantitative estimate of drug-likeness (QED) is 0.596.